The van der Waals surface area contributed by atoms with Gasteiger partial charge in [0, 0.05) is 0 Å². The van der Waals surface area contributed by atoms with Crippen molar-refractivity contribution < 1.29 is 4.79 Å². The molecule has 0 aliphatic rings. The number of H-pyrrole nitrogens is 1. The molecule has 0 atom stereocenters. The minimum atomic E-state index is -0.529. The van der Waals surface area contributed by atoms with E-state index in [2.05, 4.69) is 25.5 Å². The lowest BCUT2D eigenvalue weighted by Crippen LogP contribution is -2.15. The van der Waals surface area contributed by atoms with Gasteiger partial charge in [0.2, 0.25) is 0 Å². The average Bonchev–Trinajstić information content (AvgIpc) is 2.70. The highest BCUT2D eigenvalue weighted by Gasteiger charge is 2.16. The van der Waals surface area contributed by atoms with Crippen LogP contribution >= 0.6 is 23.2 Å². The van der Waals surface area contributed by atoms with Crippen LogP contribution in [0.4, 0.5) is 11.4 Å². The number of nitrogens with one attached hydrogen (secondary N) is 2. The fourth-order valence-corrected chi connectivity index (χ4v) is 1.51. The third-order valence-electron chi connectivity index (χ3n) is 1.89. The molecule has 1 amide bonds. The summed E-state index contributed by atoms with van der Waals surface area (Å²) in [6.07, 6.45) is 2.50. The highest BCUT2D eigenvalue weighted by molar-refractivity contribution is 6.38. The molecule has 17 heavy (non-hydrogen) atoms. The first kappa shape index (κ1) is 11.6. The Morgan fingerprint density at radius 1 is 1.35 bits per heavy atom. The number of nitrogen functional groups attached to an aromatic ring is 1. The number of anilines is 2. The number of rotatable bonds is 2. The van der Waals surface area contributed by atoms with E-state index in [1.807, 2.05) is 0 Å². The van der Waals surface area contributed by atoms with Crippen LogP contribution < -0.4 is 11.1 Å². The Hall–Kier alpha value is -1.86. The summed E-state index contributed by atoms with van der Waals surface area (Å²) in [6, 6.07) is 0. The largest absolute Gasteiger partial charge is 0.396 e. The zero-order valence-electron chi connectivity index (χ0n) is 8.24. The van der Waals surface area contributed by atoms with E-state index in [1.165, 1.54) is 12.5 Å². The van der Waals surface area contributed by atoms with Crippen molar-refractivity contribution in [2.75, 3.05) is 11.1 Å². The minimum absolute atomic E-state index is 0.0384. The van der Waals surface area contributed by atoms with Gasteiger partial charge in [0.1, 0.15) is 17.7 Å². The maximum absolute atomic E-state index is 11.8. The van der Waals surface area contributed by atoms with Gasteiger partial charge in [-0.3, -0.25) is 9.89 Å². The van der Waals surface area contributed by atoms with Crippen molar-refractivity contribution in [3.63, 3.8) is 0 Å². The summed E-state index contributed by atoms with van der Waals surface area (Å²) >= 11 is 11.5. The van der Waals surface area contributed by atoms with Crippen LogP contribution in [0.15, 0.2) is 12.5 Å². The van der Waals surface area contributed by atoms with Crippen LogP contribution in [0.5, 0.6) is 0 Å². The van der Waals surface area contributed by atoms with Crippen molar-refractivity contribution in [1.82, 2.24) is 20.2 Å². The van der Waals surface area contributed by atoms with Crippen molar-refractivity contribution in [2.45, 2.75) is 0 Å². The summed E-state index contributed by atoms with van der Waals surface area (Å²) in [5.41, 5.74) is 5.97. The fourth-order valence-electron chi connectivity index (χ4n) is 1.10. The van der Waals surface area contributed by atoms with Crippen LogP contribution in [0.2, 0.25) is 10.3 Å². The smallest absolute Gasteiger partial charge is 0.275 e. The van der Waals surface area contributed by atoms with Crippen molar-refractivity contribution in [3.8, 4) is 0 Å². The van der Waals surface area contributed by atoms with E-state index in [9.17, 15) is 4.79 Å². The predicted octanol–water partition coefficient (Wildman–Crippen LogP) is 1.34. The normalized spacial score (nSPS) is 10.2. The quantitative estimate of drug-likeness (QED) is 0.715. The molecule has 0 bridgehead atoms. The van der Waals surface area contributed by atoms with Crippen LogP contribution in [-0.4, -0.2) is 26.1 Å². The third kappa shape index (κ3) is 2.29. The predicted molar refractivity (Wildman–Crippen MR) is 63.0 cm³/mol. The lowest BCUT2D eigenvalue weighted by Gasteiger charge is -2.06. The van der Waals surface area contributed by atoms with Gasteiger partial charge in [-0.05, 0) is 0 Å². The molecule has 0 fully saturated rings. The highest BCUT2D eigenvalue weighted by Crippen LogP contribution is 2.26. The number of nitrogens with zero attached hydrogens (tertiary/aromatic N) is 3. The molecule has 7 nitrogen and oxygen atoms in total. The van der Waals surface area contributed by atoms with E-state index >= 15 is 0 Å². The molecule has 2 aromatic rings. The molecule has 9 heteroatoms. The molecule has 0 saturated heterocycles. The van der Waals surface area contributed by atoms with Gasteiger partial charge in [-0.25, -0.2) is 9.97 Å². The van der Waals surface area contributed by atoms with Crippen LogP contribution in [-0.2, 0) is 0 Å². The monoisotopic (exact) mass is 272 g/mol. The lowest BCUT2D eigenvalue weighted by molar-refractivity contribution is 0.102. The Labute approximate surface area is 105 Å². The number of hydrogen-bond acceptors (Lipinski definition) is 5. The fraction of sp³-hybridized carbons (Fsp3) is 0. The number of halogens is 2. The molecule has 88 valence electrons. The summed E-state index contributed by atoms with van der Waals surface area (Å²) < 4.78 is 0. The summed E-state index contributed by atoms with van der Waals surface area (Å²) in [5.74, 6) is -0.529. The maximum atomic E-state index is 11.8. The van der Waals surface area contributed by atoms with E-state index < -0.39 is 5.91 Å². The van der Waals surface area contributed by atoms with E-state index in [0.29, 0.717) is 0 Å². The van der Waals surface area contributed by atoms with Crippen LogP contribution in [0.3, 0.4) is 0 Å². The number of carbonyl (C=O) groups is 1. The summed E-state index contributed by atoms with van der Waals surface area (Å²) in [4.78, 5) is 19.2. The number of aromatic amines is 1. The Balaban J connectivity index is 2.28. The summed E-state index contributed by atoms with van der Waals surface area (Å²) in [6.45, 7) is 0. The second kappa shape index (κ2) is 4.56. The number of nitrogens with two attached hydrogens (primary N) is 1. The third-order valence-corrected chi connectivity index (χ3v) is 2.46. The SMILES string of the molecule is Nc1cn[nH]c1C(=O)Nc1c(Cl)ncnc1Cl. The molecule has 0 aromatic carbocycles. The zero-order chi connectivity index (χ0) is 12.4. The van der Waals surface area contributed by atoms with Gasteiger partial charge in [-0.1, -0.05) is 23.2 Å². The molecule has 0 aliphatic carbocycles. The second-order valence-corrected chi connectivity index (χ2v) is 3.70. The summed E-state index contributed by atoms with van der Waals surface area (Å²) in [7, 11) is 0. The first-order valence-corrected chi connectivity index (χ1v) is 5.11. The summed E-state index contributed by atoms with van der Waals surface area (Å²) in [5, 5.41) is 8.59. The van der Waals surface area contributed by atoms with E-state index in [1.54, 1.807) is 0 Å². The molecular formula is C8H6Cl2N6O. The van der Waals surface area contributed by atoms with Gasteiger partial charge in [-0.2, -0.15) is 5.10 Å². The van der Waals surface area contributed by atoms with Crippen LogP contribution in [0, 0.1) is 0 Å². The molecule has 4 N–H and O–H groups in total. The first-order valence-electron chi connectivity index (χ1n) is 4.35. The van der Waals surface area contributed by atoms with Gasteiger partial charge in [0.25, 0.3) is 5.91 Å². The average molecular weight is 273 g/mol. The maximum Gasteiger partial charge on any atom is 0.275 e. The highest BCUT2D eigenvalue weighted by atomic mass is 35.5. The zero-order valence-corrected chi connectivity index (χ0v) is 9.75. The van der Waals surface area contributed by atoms with E-state index in [-0.39, 0.29) is 27.4 Å². The van der Waals surface area contributed by atoms with Crippen molar-refractivity contribution >= 4 is 40.5 Å². The van der Waals surface area contributed by atoms with Gasteiger partial charge in [-0.15, -0.1) is 0 Å². The number of hydrogen-bond donors (Lipinski definition) is 3. The van der Waals surface area contributed by atoms with Gasteiger partial charge in [0.15, 0.2) is 10.3 Å². The minimum Gasteiger partial charge on any atom is -0.396 e. The van der Waals surface area contributed by atoms with Gasteiger partial charge >= 0.3 is 0 Å². The standard InChI is InChI=1S/C8H6Cl2N6O/c9-6-5(7(10)13-2-12-6)15-8(17)4-3(11)1-14-16-4/h1-2H,11H2,(H,14,16)(H,15,17). The molecule has 0 aliphatic heterocycles. The van der Waals surface area contributed by atoms with Gasteiger partial charge < -0.3 is 11.1 Å². The molecule has 2 heterocycles. The Morgan fingerprint density at radius 2 is 2.00 bits per heavy atom. The molecule has 2 aromatic heterocycles. The molecule has 2 rings (SSSR count). The van der Waals surface area contributed by atoms with E-state index in [0.717, 1.165) is 0 Å². The van der Waals surface area contributed by atoms with Crippen molar-refractivity contribution in [3.05, 3.63) is 28.5 Å². The number of amides is 1. The van der Waals surface area contributed by atoms with Crippen LogP contribution in [0.25, 0.3) is 0 Å². The molecular weight excluding hydrogens is 267 g/mol. The number of aromatic nitrogens is 4. The molecule has 0 saturated carbocycles. The van der Waals surface area contributed by atoms with E-state index in [4.69, 9.17) is 28.9 Å². The van der Waals surface area contributed by atoms with Crippen molar-refractivity contribution in [2.24, 2.45) is 0 Å². The van der Waals surface area contributed by atoms with Crippen LogP contribution in [0.1, 0.15) is 10.5 Å². The molecule has 0 radical (unpaired) electrons. The lowest BCUT2D eigenvalue weighted by atomic mass is 10.3. The molecule has 0 unspecified atom stereocenters. The Kier molecular flexibility index (Phi) is 3.12. The first-order chi connectivity index (χ1) is 8.09. The van der Waals surface area contributed by atoms with Gasteiger partial charge in [0.05, 0.1) is 11.9 Å². The molecule has 0 spiro atoms. The number of carbonyl (C=O) groups excluding carboxylic acids is 1. The van der Waals surface area contributed by atoms with Crippen molar-refractivity contribution in [1.29, 1.82) is 0 Å². The Morgan fingerprint density at radius 3 is 2.53 bits per heavy atom. The second-order valence-electron chi connectivity index (χ2n) is 2.98. The topological polar surface area (TPSA) is 110 Å². The Bertz CT molecular complexity index is 549.